The van der Waals surface area contributed by atoms with Gasteiger partial charge in [-0.2, -0.15) is 5.10 Å². The minimum absolute atomic E-state index is 0.0392. The van der Waals surface area contributed by atoms with E-state index >= 15 is 0 Å². The van der Waals surface area contributed by atoms with Crippen molar-refractivity contribution < 1.29 is 4.79 Å². The largest absolute Gasteiger partial charge is 0.273 e. The average Bonchev–Trinajstić information content (AvgIpc) is 2.27. The van der Waals surface area contributed by atoms with Gasteiger partial charge in [0, 0.05) is 10.9 Å². The lowest BCUT2D eigenvalue weighted by atomic mass is 9.81. The summed E-state index contributed by atoms with van der Waals surface area (Å²) >= 11 is 5.76. The molecule has 3 nitrogen and oxygen atoms in total. The van der Waals surface area contributed by atoms with Crippen molar-refractivity contribution in [2.45, 2.75) is 12.8 Å². The molecule has 1 aromatic carbocycles. The van der Waals surface area contributed by atoms with Gasteiger partial charge in [0.25, 0.3) is 0 Å². The predicted molar refractivity (Wildman–Crippen MR) is 69.1 cm³/mol. The molecule has 1 saturated carbocycles. The number of carbonyl (C=O) groups excluding carboxylic acids is 1. The van der Waals surface area contributed by atoms with Crippen LogP contribution in [0.5, 0.6) is 0 Å². The van der Waals surface area contributed by atoms with Gasteiger partial charge >= 0.3 is 0 Å². The smallest absolute Gasteiger partial charge is 0.243 e. The van der Waals surface area contributed by atoms with Crippen LogP contribution < -0.4 is 5.43 Å². The van der Waals surface area contributed by atoms with Crippen LogP contribution in [0.25, 0.3) is 0 Å². The van der Waals surface area contributed by atoms with E-state index in [1.165, 1.54) is 0 Å². The Morgan fingerprint density at radius 1 is 1.41 bits per heavy atom. The minimum Gasteiger partial charge on any atom is -0.273 e. The van der Waals surface area contributed by atoms with E-state index in [1.54, 1.807) is 18.3 Å². The number of amides is 1. The fourth-order valence-electron chi connectivity index (χ4n) is 1.63. The maximum atomic E-state index is 11.5. The van der Waals surface area contributed by atoms with Crippen LogP contribution >= 0.6 is 11.6 Å². The summed E-state index contributed by atoms with van der Waals surface area (Å²) in [5.74, 6) is 0.00693. The molecule has 0 unspecified atom stereocenters. The molecular weight excluding hydrogens is 236 g/mol. The van der Waals surface area contributed by atoms with Crippen LogP contribution in [-0.4, -0.2) is 12.1 Å². The van der Waals surface area contributed by atoms with E-state index < -0.39 is 0 Å². The van der Waals surface area contributed by atoms with Crippen LogP contribution in [0.3, 0.4) is 0 Å². The fraction of sp³-hybridized carbons (Fsp3) is 0.231. The van der Waals surface area contributed by atoms with Crippen molar-refractivity contribution in [1.29, 1.82) is 0 Å². The van der Waals surface area contributed by atoms with Crippen molar-refractivity contribution in [2.24, 2.45) is 11.0 Å². The van der Waals surface area contributed by atoms with E-state index in [9.17, 15) is 4.79 Å². The van der Waals surface area contributed by atoms with Gasteiger partial charge < -0.3 is 0 Å². The number of halogens is 1. The van der Waals surface area contributed by atoms with E-state index in [-0.39, 0.29) is 11.8 Å². The molecule has 1 fully saturated rings. The van der Waals surface area contributed by atoms with E-state index in [2.05, 4.69) is 17.1 Å². The summed E-state index contributed by atoms with van der Waals surface area (Å²) in [5, 5.41) is 4.58. The number of nitrogens with one attached hydrogen (secondary N) is 1. The molecule has 1 aliphatic rings. The zero-order chi connectivity index (χ0) is 12.3. The summed E-state index contributed by atoms with van der Waals surface area (Å²) in [6.45, 7) is 3.80. The van der Waals surface area contributed by atoms with Crippen LogP contribution in [0.1, 0.15) is 18.4 Å². The van der Waals surface area contributed by atoms with Gasteiger partial charge in [-0.3, -0.25) is 4.79 Å². The van der Waals surface area contributed by atoms with Crippen molar-refractivity contribution in [2.75, 3.05) is 0 Å². The summed E-state index contributed by atoms with van der Waals surface area (Å²) in [6, 6.07) is 7.23. The van der Waals surface area contributed by atoms with Crippen molar-refractivity contribution >= 4 is 23.7 Å². The third-order valence-corrected chi connectivity index (χ3v) is 2.95. The van der Waals surface area contributed by atoms with Gasteiger partial charge in [-0.1, -0.05) is 35.9 Å². The number of benzene rings is 1. The van der Waals surface area contributed by atoms with E-state index in [0.717, 1.165) is 24.0 Å². The maximum absolute atomic E-state index is 11.5. The van der Waals surface area contributed by atoms with Crippen LogP contribution in [0.4, 0.5) is 0 Å². The maximum Gasteiger partial charge on any atom is 0.243 e. The molecule has 1 aromatic rings. The van der Waals surface area contributed by atoms with Gasteiger partial charge in [0.2, 0.25) is 5.91 Å². The number of allylic oxidation sites excluding steroid dienone is 1. The minimum atomic E-state index is -0.0392. The van der Waals surface area contributed by atoms with Crippen molar-refractivity contribution in [3.05, 3.63) is 47.0 Å². The van der Waals surface area contributed by atoms with E-state index in [0.29, 0.717) is 5.02 Å². The van der Waals surface area contributed by atoms with Crippen molar-refractivity contribution in [3.63, 3.8) is 0 Å². The number of hydrogen-bond donors (Lipinski definition) is 1. The van der Waals surface area contributed by atoms with Crippen molar-refractivity contribution in [1.82, 2.24) is 5.43 Å². The summed E-state index contributed by atoms with van der Waals surface area (Å²) in [4.78, 5) is 11.5. The standard InChI is InChI=1S/C13H13ClN2O/c1-9-6-11(7-9)13(17)16-15-8-10-2-4-12(14)5-3-10/h2-5,8,11H,1,6-7H2,(H,16,17)/b15-8+. The highest BCUT2D eigenvalue weighted by atomic mass is 35.5. The Morgan fingerprint density at radius 2 is 2.06 bits per heavy atom. The molecule has 0 aromatic heterocycles. The molecule has 1 amide bonds. The first-order valence-corrected chi connectivity index (χ1v) is 5.78. The molecule has 4 heteroatoms. The molecule has 0 heterocycles. The second kappa shape index (κ2) is 5.15. The topological polar surface area (TPSA) is 41.5 Å². The van der Waals surface area contributed by atoms with Crippen molar-refractivity contribution in [3.8, 4) is 0 Å². The molecular formula is C13H13ClN2O. The molecule has 0 aliphatic heterocycles. The van der Waals surface area contributed by atoms with E-state index in [4.69, 9.17) is 11.6 Å². The Balaban J connectivity index is 1.83. The molecule has 0 saturated heterocycles. The van der Waals surface area contributed by atoms with Gasteiger partial charge in [-0.05, 0) is 30.5 Å². The molecule has 2 rings (SSSR count). The lowest BCUT2D eigenvalue weighted by molar-refractivity contribution is -0.126. The monoisotopic (exact) mass is 248 g/mol. The Kier molecular flexibility index (Phi) is 3.59. The zero-order valence-electron chi connectivity index (χ0n) is 9.32. The van der Waals surface area contributed by atoms with Crippen LogP contribution in [0, 0.1) is 5.92 Å². The quantitative estimate of drug-likeness (QED) is 0.499. The Morgan fingerprint density at radius 3 is 2.65 bits per heavy atom. The first-order valence-electron chi connectivity index (χ1n) is 5.40. The Labute approximate surface area is 105 Å². The Bertz CT molecular complexity index is 457. The number of nitrogens with zero attached hydrogens (tertiary/aromatic N) is 1. The summed E-state index contributed by atoms with van der Waals surface area (Å²) in [7, 11) is 0. The van der Waals surface area contributed by atoms with E-state index in [1.807, 2.05) is 12.1 Å². The highest BCUT2D eigenvalue weighted by Crippen LogP contribution is 2.31. The lowest BCUT2D eigenvalue weighted by Crippen LogP contribution is -2.32. The van der Waals surface area contributed by atoms with Gasteiger partial charge in [0.1, 0.15) is 0 Å². The molecule has 0 atom stereocenters. The number of rotatable bonds is 3. The van der Waals surface area contributed by atoms with Crippen LogP contribution in [0.15, 0.2) is 41.5 Å². The summed E-state index contributed by atoms with van der Waals surface area (Å²) < 4.78 is 0. The average molecular weight is 249 g/mol. The number of hydrazone groups is 1. The third kappa shape index (κ3) is 3.17. The van der Waals surface area contributed by atoms with Crippen LogP contribution in [0.2, 0.25) is 5.02 Å². The highest BCUT2D eigenvalue weighted by molar-refractivity contribution is 6.30. The second-order valence-electron chi connectivity index (χ2n) is 4.14. The summed E-state index contributed by atoms with van der Waals surface area (Å²) in [5.41, 5.74) is 4.55. The third-order valence-electron chi connectivity index (χ3n) is 2.70. The molecule has 1 N–H and O–H groups in total. The number of hydrogen-bond acceptors (Lipinski definition) is 2. The van der Waals surface area contributed by atoms with Gasteiger partial charge in [0.05, 0.1) is 6.21 Å². The van der Waals surface area contributed by atoms with Gasteiger partial charge in [-0.25, -0.2) is 5.43 Å². The normalized spacial score (nSPS) is 15.9. The second-order valence-corrected chi connectivity index (χ2v) is 4.58. The van der Waals surface area contributed by atoms with Gasteiger partial charge in [0.15, 0.2) is 0 Å². The predicted octanol–water partition coefficient (Wildman–Crippen LogP) is 2.76. The van der Waals surface area contributed by atoms with Crippen LogP contribution in [-0.2, 0) is 4.79 Å². The highest BCUT2D eigenvalue weighted by Gasteiger charge is 2.27. The molecule has 0 spiro atoms. The molecule has 0 bridgehead atoms. The first-order chi connectivity index (χ1) is 8.15. The van der Waals surface area contributed by atoms with Gasteiger partial charge in [-0.15, -0.1) is 0 Å². The summed E-state index contributed by atoms with van der Waals surface area (Å²) in [6.07, 6.45) is 3.16. The Hall–Kier alpha value is -1.61. The lowest BCUT2D eigenvalue weighted by Gasteiger charge is -2.25. The molecule has 1 aliphatic carbocycles. The molecule has 0 radical (unpaired) electrons. The fourth-order valence-corrected chi connectivity index (χ4v) is 1.76. The molecule has 88 valence electrons. The number of carbonyl (C=O) groups is 1. The zero-order valence-corrected chi connectivity index (χ0v) is 10.1. The molecule has 17 heavy (non-hydrogen) atoms. The first kappa shape index (κ1) is 11.9. The SMILES string of the molecule is C=C1CC(C(=O)N/N=C/c2ccc(Cl)cc2)C1.